The molecule has 0 aliphatic carbocycles. The number of para-hydroxylation sites is 1. The summed E-state index contributed by atoms with van der Waals surface area (Å²) in [6.07, 6.45) is 0. The summed E-state index contributed by atoms with van der Waals surface area (Å²) in [5.41, 5.74) is 3.17. The summed E-state index contributed by atoms with van der Waals surface area (Å²) < 4.78 is 11.3. The van der Waals surface area contributed by atoms with E-state index in [0.29, 0.717) is 19.8 Å². The number of nitrogens with one attached hydrogen (secondary N) is 1. The molecule has 20 heavy (non-hydrogen) atoms. The highest BCUT2D eigenvalue weighted by Crippen LogP contribution is 2.34. The van der Waals surface area contributed by atoms with Gasteiger partial charge in [0.05, 0.1) is 0 Å². The number of fused-ring (bicyclic) bond motifs is 1. The van der Waals surface area contributed by atoms with E-state index >= 15 is 0 Å². The molecular formula is C16H16ClNO2. The topological polar surface area (TPSA) is 30.5 Å². The minimum Gasteiger partial charge on any atom is -0.486 e. The Morgan fingerprint density at radius 1 is 1.10 bits per heavy atom. The number of halogens is 1. The Hall–Kier alpha value is -1.87. The zero-order chi connectivity index (χ0) is 13.9. The van der Waals surface area contributed by atoms with E-state index in [1.807, 2.05) is 43.3 Å². The van der Waals surface area contributed by atoms with Crippen LogP contribution < -0.4 is 14.8 Å². The van der Waals surface area contributed by atoms with Crippen molar-refractivity contribution < 1.29 is 9.47 Å². The molecule has 4 heteroatoms. The highest BCUT2D eigenvalue weighted by atomic mass is 35.5. The molecule has 0 aromatic heterocycles. The van der Waals surface area contributed by atoms with Gasteiger partial charge in [0, 0.05) is 22.8 Å². The number of rotatable bonds is 3. The molecule has 0 spiro atoms. The zero-order valence-electron chi connectivity index (χ0n) is 11.3. The second-order valence-electron chi connectivity index (χ2n) is 4.71. The fourth-order valence-electron chi connectivity index (χ4n) is 2.26. The molecule has 1 aliphatic rings. The number of ether oxygens (including phenoxy) is 2. The van der Waals surface area contributed by atoms with Gasteiger partial charge in [0.15, 0.2) is 11.5 Å². The Morgan fingerprint density at radius 3 is 2.80 bits per heavy atom. The fraction of sp³-hybridized carbons (Fsp3) is 0.250. The Morgan fingerprint density at radius 2 is 1.90 bits per heavy atom. The zero-order valence-corrected chi connectivity index (χ0v) is 12.0. The maximum atomic E-state index is 6.13. The van der Waals surface area contributed by atoms with Gasteiger partial charge in [-0.05, 0) is 30.7 Å². The van der Waals surface area contributed by atoms with Crippen molar-refractivity contribution in [1.82, 2.24) is 0 Å². The summed E-state index contributed by atoms with van der Waals surface area (Å²) in [6.45, 7) is 3.88. The van der Waals surface area contributed by atoms with Crippen LogP contribution in [-0.2, 0) is 6.54 Å². The molecule has 1 N–H and O–H groups in total. The molecule has 0 saturated carbocycles. The standard InChI is InChI=1S/C16H16ClNO2/c1-11-13(17)5-3-6-14(11)18-10-12-4-2-7-15-16(12)20-9-8-19-15/h2-7,18H,8-10H2,1H3. The molecule has 0 amide bonds. The molecule has 3 nitrogen and oxygen atoms in total. The van der Waals surface area contributed by atoms with Crippen molar-refractivity contribution in [3.8, 4) is 11.5 Å². The van der Waals surface area contributed by atoms with Crippen LogP contribution in [0.1, 0.15) is 11.1 Å². The molecule has 1 heterocycles. The number of benzene rings is 2. The summed E-state index contributed by atoms with van der Waals surface area (Å²) in [4.78, 5) is 0. The first kappa shape index (κ1) is 13.1. The summed E-state index contributed by atoms with van der Waals surface area (Å²) in [5, 5.41) is 4.17. The molecule has 3 rings (SSSR count). The van der Waals surface area contributed by atoms with Crippen molar-refractivity contribution in [2.75, 3.05) is 18.5 Å². The van der Waals surface area contributed by atoms with E-state index in [0.717, 1.165) is 33.3 Å². The number of hydrogen-bond acceptors (Lipinski definition) is 3. The molecule has 0 fully saturated rings. The average molecular weight is 290 g/mol. The largest absolute Gasteiger partial charge is 0.486 e. The molecule has 0 unspecified atom stereocenters. The highest BCUT2D eigenvalue weighted by molar-refractivity contribution is 6.31. The fourth-order valence-corrected chi connectivity index (χ4v) is 2.44. The van der Waals surface area contributed by atoms with Crippen molar-refractivity contribution in [3.05, 3.63) is 52.5 Å². The molecule has 2 aromatic carbocycles. The summed E-state index contributed by atoms with van der Waals surface area (Å²) in [5.74, 6) is 1.66. The minimum atomic E-state index is 0.597. The highest BCUT2D eigenvalue weighted by Gasteiger charge is 2.15. The first-order chi connectivity index (χ1) is 9.75. The van der Waals surface area contributed by atoms with Crippen molar-refractivity contribution in [2.24, 2.45) is 0 Å². The van der Waals surface area contributed by atoms with E-state index in [1.165, 1.54) is 0 Å². The Balaban J connectivity index is 1.80. The van der Waals surface area contributed by atoms with E-state index in [1.54, 1.807) is 0 Å². The van der Waals surface area contributed by atoms with E-state index in [-0.39, 0.29) is 0 Å². The van der Waals surface area contributed by atoms with Gasteiger partial charge >= 0.3 is 0 Å². The Labute approximate surface area is 123 Å². The quantitative estimate of drug-likeness (QED) is 0.925. The van der Waals surface area contributed by atoms with Crippen molar-refractivity contribution in [1.29, 1.82) is 0 Å². The van der Waals surface area contributed by atoms with Gasteiger partial charge in [0.1, 0.15) is 13.2 Å². The van der Waals surface area contributed by atoms with Gasteiger partial charge in [-0.2, -0.15) is 0 Å². The summed E-state index contributed by atoms with van der Waals surface area (Å²) >= 11 is 6.13. The van der Waals surface area contributed by atoms with Gasteiger partial charge in [-0.15, -0.1) is 0 Å². The lowest BCUT2D eigenvalue weighted by molar-refractivity contribution is 0.170. The van der Waals surface area contributed by atoms with E-state index in [4.69, 9.17) is 21.1 Å². The lowest BCUT2D eigenvalue weighted by Gasteiger charge is -2.21. The van der Waals surface area contributed by atoms with Gasteiger partial charge in [0.25, 0.3) is 0 Å². The third kappa shape index (κ3) is 2.54. The smallest absolute Gasteiger partial charge is 0.166 e. The van der Waals surface area contributed by atoms with E-state index in [9.17, 15) is 0 Å². The van der Waals surface area contributed by atoms with Crippen LogP contribution in [-0.4, -0.2) is 13.2 Å². The molecule has 0 saturated heterocycles. The second-order valence-corrected chi connectivity index (χ2v) is 5.11. The Kier molecular flexibility index (Phi) is 3.70. The minimum absolute atomic E-state index is 0.597. The van der Waals surface area contributed by atoms with Crippen molar-refractivity contribution >= 4 is 17.3 Å². The van der Waals surface area contributed by atoms with Crippen LogP contribution in [0, 0.1) is 6.92 Å². The van der Waals surface area contributed by atoms with Crippen molar-refractivity contribution in [2.45, 2.75) is 13.5 Å². The summed E-state index contributed by atoms with van der Waals surface area (Å²) in [6, 6.07) is 11.8. The summed E-state index contributed by atoms with van der Waals surface area (Å²) in [7, 11) is 0. The molecule has 0 bridgehead atoms. The molecular weight excluding hydrogens is 274 g/mol. The van der Waals surface area contributed by atoms with Crippen LogP contribution in [0.4, 0.5) is 5.69 Å². The predicted octanol–water partition coefficient (Wildman–Crippen LogP) is 4.03. The molecule has 0 radical (unpaired) electrons. The molecule has 2 aromatic rings. The van der Waals surface area contributed by atoms with Crippen LogP contribution in [0.25, 0.3) is 0 Å². The van der Waals surface area contributed by atoms with Crippen LogP contribution in [0.2, 0.25) is 5.02 Å². The third-order valence-electron chi connectivity index (χ3n) is 3.38. The van der Waals surface area contributed by atoms with Gasteiger partial charge < -0.3 is 14.8 Å². The van der Waals surface area contributed by atoms with Gasteiger partial charge in [-0.25, -0.2) is 0 Å². The first-order valence-electron chi connectivity index (χ1n) is 6.62. The van der Waals surface area contributed by atoms with Gasteiger partial charge in [-0.1, -0.05) is 29.8 Å². The molecule has 0 atom stereocenters. The SMILES string of the molecule is Cc1c(Cl)cccc1NCc1cccc2c1OCCO2. The monoisotopic (exact) mass is 289 g/mol. The lowest BCUT2D eigenvalue weighted by Crippen LogP contribution is -2.17. The van der Waals surface area contributed by atoms with Crippen LogP contribution in [0.15, 0.2) is 36.4 Å². The van der Waals surface area contributed by atoms with Crippen LogP contribution in [0.5, 0.6) is 11.5 Å². The molecule has 104 valence electrons. The van der Waals surface area contributed by atoms with Gasteiger partial charge in [-0.3, -0.25) is 0 Å². The van der Waals surface area contributed by atoms with Crippen LogP contribution in [0.3, 0.4) is 0 Å². The average Bonchev–Trinajstić information content (AvgIpc) is 2.49. The maximum Gasteiger partial charge on any atom is 0.166 e. The van der Waals surface area contributed by atoms with Gasteiger partial charge in [0.2, 0.25) is 0 Å². The van der Waals surface area contributed by atoms with E-state index < -0.39 is 0 Å². The second kappa shape index (κ2) is 5.63. The number of anilines is 1. The predicted molar refractivity (Wildman–Crippen MR) is 80.9 cm³/mol. The maximum absolute atomic E-state index is 6.13. The van der Waals surface area contributed by atoms with Crippen LogP contribution >= 0.6 is 11.6 Å². The molecule has 1 aliphatic heterocycles. The Bertz CT molecular complexity index is 628. The normalized spacial score (nSPS) is 13.1. The number of hydrogen-bond donors (Lipinski definition) is 1. The van der Waals surface area contributed by atoms with Crippen molar-refractivity contribution in [3.63, 3.8) is 0 Å². The lowest BCUT2D eigenvalue weighted by atomic mass is 10.1. The van der Waals surface area contributed by atoms with E-state index in [2.05, 4.69) is 5.32 Å². The third-order valence-corrected chi connectivity index (χ3v) is 3.79. The first-order valence-corrected chi connectivity index (χ1v) is 7.00.